The zero-order valence-corrected chi connectivity index (χ0v) is 25.1. The number of hydrogen-bond donors (Lipinski definition) is 2. The van der Waals surface area contributed by atoms with Crippen molar-refractivity contribution in [2.24, 2.45) is 5.92 Å². The number of carboxylic acid groups (broad SMARTS) is 1. The van der Waals surface area contributed by atoms with E-state index in [0.717, 1.165) is 29.3 Å². The van der Waals surface area contributed by atoms with Crippen LogP contribution in [0.3, 0.4) is 0 Å². The quantitative estimate of drug-likeness (QED) is 0.199. The summed E-state index contributed by atoms with van der Waals surface area (Å²) in [7, 11) is 0. The van der Waals surface area contributed by atoms with Gasteiger partial charge in [0.15, 0.2) is 11.6 Å². The van der Waals surface area contributed by atoms with E-state index in [-0.39, 0.29) is 17.1 Å². The molecule has 0 bridgehead atoms. The number of nitrogens with one attached hydrogen (secondary N) is 1. The first-order valence-electron chi connectivity index (χ1n) is 15.3. The molecule has 4 aromatic rings. The summed E-state index contributed by atoms with van der Waals surface area (Å²) in [6.07, 6.45) is 6.95. The van der Waals surface area contributed by atoms with Crippen molar-refractivity contribution in [1.82, 2.24) is 14.9 Å². The molecule has 9 heteroatoms. The number of rotatable bonds is 7. The molecule has 2 aromatic carbocycles. The van der Waals surface area contributed by atoms with Crippen molar-refractivity contribution in [3.8, 4) is 22.6 Å². The van der Waals surface area contributed by atoms with E-state index in [1.807, 2.05) is 13.0 Å². The van der Waals surface area contributed by atoms with Gasteiger partial charge in [0.1, 0.15) is 23.0 Å². The number of ether oxygens (including phenoxy) is 2. The van der Waals surface area contributed by atoms with Crippen LogP contribution in [0.4, 0.5) is 0 Å². The second-order valence-corrected chi connectivity index (χ2v) is 12.2. The lowest BCUT2D eigenvalue weighted by Gasteiger charge is -2.45. The molecule has 1 saturated carbocycles. The first-order chi connectivity index (χ1) is 21.2. The summed E-state index contributed by atoms with van der Waals surface area (Å²) >= 11 is 0. The summed E-state index contributed by atoms with van der Waals surface area (Å²) in [4.78, 5) is 45.2. The van der Waals surface area contributed by atoms with Crippen LogP contribution < -0.4 is 14.8 Å². The van der Waals surface area contributed by atoms with Crippen molar-refractivity contribution < 1.29 is 29.0 Å². The van der Waals surface area contributed by atoms with Crippen LogP contribution in [0.2, 0.25) is 0 Å². The predicted molar refractivity (Wildman–Crippen MR) is 165 cm³/mol. The molecule has 9 nitrogen and oxygen atoms in total. The van der Waals surface area contributed by atoms with E-state index in [1.165, 1.54) is 0 Å². The Morgan fingerprint density at radius 3 is 2.59 bits per heavy atom. The molecule has 226 valence electrons. The van der Waals surface area contributed by atoms with Gasteiger partial charge in [-0.15, -0.1) is 0 Å². The number of hydrogen-bond acceptors (Lipinski definition) is 7. The summed E-state index contributed by atoms with van der Waals surface area (Å²) in [6.45, 7) is 7.34. The number of aromatic carboxylic acids is 1. The normalized spacial score (nSPS) is 19.1. The minimum Gasteiger partial charge on any atom is -0.493 e. The molecule has 1 aliphatic carbocycles. The average molecular weight is 594 g/mol. The topological polar surface area (TPSA) is 120 Å². The number of carbonyl (C=O) groups is 3. The van der Waals surface area contributed by atoms with E-state index >= 15 is 0 Å². The fourth-order valence-corrected chi connectivity index (χ4v) is 6.95. The molecule has 0 radical (unpaired) electrons. The van der Waals surface area contributed by atoms with Crippen molar-refractivity contribution in [2.45, 2.75) is 58.1 Å². The van der Waals surface area contributed by atoms with Gasteiger partial charge >= 0.3 is 5.97 Å². The molecule has 2 aliphatic heterocycles. The fraction of sp³-hybridized carbons (Fsp3) is 0.371. The van der Waals surface area contributed by atoms with Gasteiger partial charge in [0.2, 0.25) is 0 Å². The number of aryl methyl sites for hydroxylation is 2. The highest BCUT2D eigenvalue weighted by Gasteiger charge is 2.54. The molecule has 4 heterocycles. The number of piperidine rings is 1. The molecule has 1 atom stereocenters. The van der Waals surface area contributed by atoms with Crippen LogP contribution in [0.1, 0.15) is 81.0 Å². The number of aromatic nitrogens is 2. The van der Waals surface area contributed by atoms with Gasteiger partial charge < -0.3 is 24.5 Å². The third kappa shape index (κ3) is 4.57. The molecule has 0 amide bonds. The van der Waals surface area contributed by atoms with Crippen LogP contribution >= 0.6 is 0 Å². The Balaban J connectivity index is 1.34. The van der Waals surface area contributed by atoms with Crippen molar-refractivity contribution in [3.05, 3.63) is 76.7 Å². The van der Waals surface area contributed by atoms with Crippen LogP contribution in [0.25, 0.3) is 22.0 Å². The van der Waals surface area contributed by atoms with Crippen molar-refractivity contribution in [3.63, 3.8) is 0 Å². The van der Waals surface area contributed by atoms with Crippen LogP contribution in [0, 0.1) is 19.8 Å². The van der Waals surface area contributed by atoms with E-state index in [1.54, 1.807) is 43.5 Å². The van der Waals surface area contributed by atoms with Gasteiger partial charge in [-0.25, -0.2) is 4.79 Å². The maximum atomic E-state index is 14.6. The van der Waals surface area contributed by atoms with E-state index in [4.69, 9.17) is 9.47 Å². The van der Waals surface area contributed by atoms with Gasteiger partial charge in [-0.3, -0.25) is 14.6 Å². The molecule has 1 saturated heterocycles. The van der Waals surface area contributed by atoms with Crippen LogP contribution in [-0.2, 0) is 0 Å². The van der Waals surface area contributed by atoms with Crippen LogP contribution in [0.15, 0.2) is 48.8 Å². The molecule has 7 rings (SSSR count). The molecule has 1 spiro atoms. The third-order valence-electron chi connectivity index (χ3n) is 9.32. The lowest BCUT2D eigenvalue weighted by atomic mass is 9.70. The maximum absolute atomic E-state index is 14.6. The number of pyridine rings is 1. The van der Waals surface area contributed by atoms with Crippen molar-refractivity contribution in [1.29, 1.82) is 0 Å². The minimum atomic E-state index is -1.07. The van der Waals surface area contributed by atoms with E-state index < -0.39 is 17.5 Å². The second kappa shape index (κ2) is 10.6. The van der Waals surface area contributed by atoms with E-state index in [0.29, 0.717) is 78.0 Å². The standard InChI is InChI=1S/C35H35N3O6/c1-4-43-29-16-22(15-27-30(29)19(2)18-38(27)24-6-7-24)32(39)31-33(40)26-13-21(23-14-25(34(41)42)20(3)37-17-23)5-8-28(26)44-35(31)9-11-36-12-10-35/h5,8,13-18,24,31,36H,4,6-7,9-12H2,1-3H3,(H,41,42)/t31-/m1/s1. The number of fused-ring (bicyclic) bond motifs is 2. The minimum absolute atomic E-state index is 0.0937. The second-order valence-electron chi connectivity index (χ2n) is 12.2. The number of carbonyl (C=O) groups excluding carboxylic acids is 2. The molecule has 2 fully saturated rings. The molecular formula is C35H35N3O6. The zero-order chi connectivity index (χ0) is 30.7. The molecular weight excluding hydrogens is 558 g/mol. The van der Waals surface area contributed by atoms with Crippen molar-refractivity contribution in [2.75, 3.05) is 19.7 Å². The Kier molecular flexibility index (Phi) is 6.81. The molecule has 44 heavy (non-hydrogen) atoms. The Bertz CT molecular complexity index is 1850. The first kappa shape index (κ1) is 28.3. The Morgan fingerprint density at radius 1 is 1.11 bits per heavy atom. The summed E-state index contributed by atoms with van der Waals surface area (Å²) in [5, 5.41) is 14.0. The molecule has 2 N–H and O–H groups in total. The van der Waals surface area contributed by atoms with E-state index in [2.05, 4.69) is 28.0 Å². The average Bonchev–Trinajstić information content (AvgIpc) is 3.80. The zero-order valence-electron chi connectivity index (χ0n) is 25.1. The van der Waals surface area contributed by atoms with Gasteiger partial charge in [0, 0.05) is 47.8 Å². The molecule has 2 aromatic heterocycles. The van der Waals surface area contributed by atoms with Gasteiger partial charge in [0.25, 0.3) is 0 Å². The van der Waals surface area contributed by atoms with Crippen LogP contribution in [-0.4, -0.2) is 57.5 Å². The van der Waals surface area contributed by atoms with Gasteiger partial charge in [-0.05, 0) is 88.2 Å². The predicted octanol–water partition coefficient (Wildman–Crippen LogP) is 5.95. The number of nitrogens with zero attached hydrogens (tertiary/aromatic N) is 2. The van der Waals surface area contributed by atoms with Gasteiger partial charge in [-0.1, -0.05) is 6.07 Å². The van der Waals surface area contributed by atoms with E-state index in [9.17, 15) is 19.5 Å². The Labute approximate surface area is 255 Å². The Morgan fingerprint density at radius 2 is 1.89 bits per heavy atom. The summed E-state index contributed by atoms with van der Waals surface area (Å²) in [6, 6.07) is 10.9. The Hall–Kier alpha value is -4.50. The molecule has 0 unspecified atom stereocenters. The summed E-state index contributed by atoms with van der Waals surface area (Å²) < 4.78 is 15.0. The first-order valence-corrected chi connectivity index (χ1v) is 15.3. The number of benzene rings is 2. The maximum Gasteiger partial charge on any atom is 0.337 e. The summed E-state index contributed by atoms with van der Waals surface area (Å²) in [5.41, 5.74) is 3.51. The highest BCUT2D eigenvalue weighted by atomic mass is 16.5. The lowest BCUT2D eigenvalue weighted by molar-refractivity contribution is -0.0138. The summed E-state index contributed by atoms with van der Waals surface area (Å²) in [5.74, 6) is -1.59. The monoisotopic (exact) mass is 593 g/mol. The smallest absolute Gasteiger partial charge is 0.337 e. The fourth-order valence-electron chi connectivity index (χ4n) is 6.95. The SMILES string of the molecule is CCOc1cc(C(=O)[C@@H]2C(=O)c3cc(-c4cnc(C)c(C(=O)O)c4)ccc3OC23CCNCC3)cc2c1c(C)cn2C1CC1. The number of carboxylic acids is 1. The highest BCUT2D eigenvalue weighted by Crippen LogP contribution is 2.46. The third-order valence-corrected chi connectivity index (χ3v) is 9.32. The molecule has 3 aliphatic rings. The van der Waals surface area contributed by atoms with Gasteiger partial charge in [-0.2, -0.15) is 0 Å². The lowest BCUT2D eigenvalue weighted by Crippen LogP contribution is -2.58. The van der Waals surface area contributed by atoms with Crippen molar-refractivity contribution >= 4 is 28.4 Å². The van der Waals surface area contributed by atoms with Gasteiger partial charge in [0.05, 0.1) is 28.9 Å². The van der Waals surface area contributed by atoms with Crippen LogP contribution in [0.5, 0.6) is 11.5 Å². The number of Topliss-reactive ketones (excluding diaryl/α,β-unsaturated/α-hetero) is 2. The number of ketones is 2. The largest absolute Gasteiger partial charge is 0.493 e. The highest BCUT2D eigenvalue weighted by molar-refractivity contribution is 6.19.